The first-order chi connectivity index (χ1) is 13.3. The lowest BCUT2D eigenvalue weighted by molar-refractivity contribution is 0.0604. The maximum absolute atomic E-state index is 12.9. The van der Waals surface area contributed by atoms with Crippen LogP contribution in [0.15, 0.2) is 22.3 Å². The van der Waals surface area contributed by atoms with E-state index < -0.39 is 10.0 Å². The molecule has 1 fully saturated rings. The Bertz CT molecular complexity index is 1050. The van der Waals surface area contributed by atoms with Crippen molar-refractivity contribution >= 4 is 27.3 Å². The van der Waals surface area contributed by atoms with Gasteiger partial charge in [0.25, 0.3) is 11.5 Å². The fraction of sp³-hybridized carbons (Fsp3) is 0.500. The number of hydrogen-bond acceptors (Lipinski definition) is 6. The molecule has 2 aliphatic heterocycles. The predicted octanol–water partition coefficient (Wildman–Crippen LogP) is 1.52. The van der Waals surface area contributed by atoms with E-state index in [1.807, 2.05) is 11.4 Å². The Morgan fingerprint density at radius 1 is 1.32 bits per heavy atom. The molecule has 1 atom stereocenters. The molecule has 0 bridgehead atoms. The number of aromatic amines is 1. The van der Waals surface area contributed by atoms with Crippen LogP contribution in [0, 0.1) is 0 Å². The molecule has 2 aromatic heterocycles. The molecule has 1 N–H and O–H groups in total. The molecule has 2 aliphatic rings. The van der Waals surface area contributed by atoms with Crippen molar-refractivity contribution in [3.63, 3.8) is 0 Å². The molecule has 2 aromatic rings. The molecule has 150 valence electrons. The van der Waals surface area contributed by atoms with Crippen LogP contribution in [-0.2, 0) is 23.0 Å². The van der Waals surface area contributed by atoms with Crippen LogP contribution >= 0.6 is 11.3 Å². The lowest BCUT2D eigenvalue weighted by Gasteiger charge is -2.35. The van der Waals surface area contributed by atoms with Gasteiger partial charge in [0.1, 0.15) is 5.82 Å². The van der Waals surface area contributed by atoms with E-state index in [1.54, 1.807) is 11.0 Å². The summed E-state index contributed by atoms with van der Waals surface area (Å²) in [6, 6.07) is 3.33. The van der Waals surface area contributed by atoms with Crippen LogP contribution in [0.1, 0.15) is 52.1 Å². The molecule has 0 unspecified atom stereocenters. The number of carbonyl (C=O) groups excluding carboxylic acids is 1. The minimum atomic E-state index is -3.36. The molecule has 0 radical (unpaired) electrons. The number of H-pyrrole nitrogens is 1. The quantitative estimate of drug-likeness (QED) is 0.808. The van der Waals surface area contributed by atoms with Gasteiger partial charge >= 0.3 is 0 Å². The van der Waals surface area contributed by atoms with E-state index in [9.17, 15) is 18.0 Å². The number of sulfonamides is 1. The highest BCUT2D eigenvalue weighted by Gasteiger charge is 2.33. The Balaban J connectivity index is 1.69. The zero-order chi connectivity index (χ0) is 19.9. The SMILES string of the molecule is CS(=O)(=O)N1CCc2c(nc([C@H]3CCCCN3C(=O)c3cccs3)[nH]c2=O)C1. The molecule has 4 heterocycles. The van der Waals surface area contributed by atoms with Crippen LogP contribution in [0.4, 0.5) is 0 Å². The first kappa shape index (κ1) is 19.3. The van der Waals surface area contributed by atoms with Crippen molar-refractivity contribution in [2.24, 2.45) is 0 Å². The number of rotatable bonds is 3. The Kier molecular flexibility index (Phi) is 5.11. The minimum absolute atomic E-state index is 0.0576. The van der Waals surface area contributed by atoms with Crippen molar-refractivity contribution in [1.29, 1.82) is 0 Å². The van der Waals surface area contributed by atoms with Gasteiger partial charge in [-0.3, -0.25) is 9.59 Å². The largest absolute Gasteiger partial charge is 0.328 e. The summed E-state index contributed by atoms with van der Waals surface area (Å²) in [5.74, 6) is 0.390. The second-order valence-corrected chi connectivity index (χ2v) is 10.1. The number of aromatic nitrogens is 2. The van der Waals surface area contributed by atoms with E-state index >= 15 is 0 Å². The zero-order valence-electron chi connectivity index (χ0n) is 15.6. The van der Waals surface area contributed by atoms with Crippen molar-refractivity contribution in [3.05, 3.63) is 49.8 Å². The molecule has 0 aromatic carbocycles. The maximum Gasteiger partial charge on any atom is 0.264 e. The van der Waals surface area contributed by atoms with E-state index in [-0.39, 0.29) is 30.6 Å². The third-order valence-corrected chi connectivity index (χ3v) is 7.44. The third-order valence-electron chi connectivity index (χ3n) is 5.34. The third kappa shape index (κ3) is 3.63. The summed E-state index contributed by atoms with van der Waals surface area (Å²) in [5, 5.41) is 1.87. The number of amides is 1. The molecular formula is C18H22N4O4S2. The molecular weight excluding hydrogens is 400 g/mol. The summed E-state index contributed by atoms with van der Waals surface area (Å²) in [7, 11) is -3.36. The fourth-order valence-corrected chi connectivity index (χ4v) is 5.34. The zero-order valence-corrected chi connectivity index (χ0v) is 17.2. The topological polar surface area (TPSA) is 103 Å². The lowest BCUT2D eigenvalue weighted by Crippen LogP contribution is -2.42. The number of nitrogens with one attached hydrogen (secondary N) is 1. The molecule has 0 saturated carbocycles. The average molecular weight is 423 g/mol. The Labute approximate surface area is 167 Å². The smallest absolute Gasteiger partial charge is 0.264 e. The normalized spacial score (nSPS) is 20.8. The lowest BCUT2D eigenvalue weighted by atomic mass is 10.00. The second kappa shape index (κ2) is 7.41. The number of hydrogen-bond donors (Lipinski definition) is 1. The van der Waals surface area contributed by atoms with Gasteiger partial charge in [-0.1, -0.05) is 6.07 Å². The van der Waals surface area contributed by atoms with Crippen LogP contribution in [0.3, 0.4) is 0 Å². The van der Waals surface area contributed by atoms with Gasteiger partial charge in [0.15, 0.2) is 0 Å². The first-order valence-corrected chi connectivity index (χ1v) is 12.0. The number of piperidine rings is 1. The summed E-state index contributed by atoms with van der Waals surface area (Å²) in [6.45, 7) is 0.983. The van der Waals surface area contributed by atoms with Crippen molar-refractivity contribution in [1.82, 2.24) is 19.2 Å². The van der Waals surface area contributed by atoms with Crippen LogP contribution < -0.4 is 5.56 Å². The molecule has 28 heavy (non-hydrogen) atoms. The van der Waals surface area contributed by atoms with E-state index in [0.717, 1.165) is 19.1 Å². The Hall–Kier alpha value is -2.04. The van der Waals surface area contributed by atoms with Gasteiger partial charge < -0.3 is 9.88 Å². The van der Waals surface area contributed by atoms with Crippen molar-refractivity contribution in [2.75, 3.05) is 19.3 Å². The standard InChI is InChI=1S/C18H22N4O4S2/c1-28(25,26)21-9-7-12-13(11-21)19-16(20-17(12)23)14-5-2-3-8-22(14)18(24)15-6-4-10-27-15/h4,6,10,14H,2-3,5,7-9,11H2,1H3,(H,19,20,23)/t14-/m1/s1. The minimum Gasteiger partial charge on any atom is -0.328 e. The summed E-state index contributed by atoms with van der Waals surface area (Å²) < 4.78 is 25.1. The highest BCUT2D eigenvalue weighted by atomic mass is 32.2. The highest BCUT2D eigenvalue weighted by molar-refractivity contribution is 7.88. The first-order valence-electron chi connectivity index (χ1n) is 9.26. The Morgan fingerprint density at radius 2 is 2.14 bits per heavy atom. The van der Waals surface area contributed by atoms with E-state index in [0.29, 0.717) is 41.3 Å². The number of likely N-dealkylation sites (tertiary alicyclic amines) is 1. The predicted molar refractivity (Wildman–Crippen MR) is 106 cm³/mol. The number of fused-ring (bicyclic) bond motifs is 1. The monoisotopic (exact) mass is 422 g/mol. The summed E-state index contributed by atoms with van der Waals surface area (Å²) >= 11 is 1.39. The van der Waals surface area contributed by atoms with E-state index in [1.165, 1.54) is 15.6 Å². The fourth-order valence-electron chi connectivity index (χ4n) is 3.88. The van der Waals surface area contributed by atoms with Crippen molar-refractivity contribution in [2.45, 2.75) is 38.3 Å². The number of carbonyl (C=O) groups is 1. The highest BCUT2D eigenvalue weighted by Crippen LogP contribution is 2.31. The summed E-state index contributed by atoms with van der Waals surface area (Å²) in [6.07, 6.45) is 4.07. The van der Waals surface area contributed by atoms with Gasteiger partial charge in [0.2, 0.25) is 10.0 Å². The van der Waals surface area contributed by atoms with Crippen molar-refractivity contribution in [3.8, 4) is 0 Å². The van der Waals surface area contributed by atoms with Gasteiger partial charge in [-0.05, 0) is 37.1 Å². The van der Waals surface area contributed by atoms with Crippen molar-refractivity contribution < 1.29 is 13.2 Å². The second-order valence-electron chi connectivity index (χ2n) is 7.21. The van der Waals surface area contributed by atoms with Crippen LogP contribution in [-0.4, -0.2) is 52.8 Å². The van der Waals surface area contributed by atoms with Crippen LogP contribution in [0.25, 0.3) is 0 Å². The van der Waals surface area contributed by atoms with Gasteiger partial charge in [-0.25, -0.2) is 13.4 Å². The summed E-state index contributed by atoms with van der Waals surface area (Å²) in [4.78, 5) is 35.5. The molecule has 1 saturated heterocycles. The number of nitrogens with zero attached hydrogens (tertiary/aromatic N) is 3. The molecule has 4 rings (SSSR count). The van der Waals surface area contributed by atoms with Gasteiger partial charge in [0.05, 0.1) is 29.4 Å². The van der Waals surface area contributed by atoms with Crippen LogP contribution in [0.2, 0.25) is 0 Å². The van der Waals surface area contributed by atoms with Gasteiger partial charge in [-0.15, -0.1) is 11.3 Å². The maximum atomic E-state index is 12.9. The molecule has 0 spiro atoms. The molecule has 0 aliphatic carbocycles. The average Bonchev–Trinajstić information content (AvgIpc) is 3.21. The number of thiophene rings is 1. The van der Waals surface area contributed by atoms with Crippen LogP contribution in [0.5, 0.6) is 0 Å². The Morgan fingerprint density at radius 3 is 2.86 bits per heavy atom. The van der Waals surface area contributed by atoms with E-state index in [4.69, 9.17) is 0 Å². The van der Waals surface area contributed by atoms with Gasteiger partial charge in [0, 0.05) is 18.7 Å². The molecule has 1 amide bonds. The van der Waals surface area contributed by atoms with Gasteiger partial charge in [-0.2, -0.15) is 4.31 Å². The summed E-state index contributed by atoms with van der Waals surface area (Å²) in [5.41, 5.74) is 0.794. The molecule has 8 nitrogen and oxygen atoms in total. The molecule has 10 heteroatoms. The van der Waals surface area contributed by atoms with E-state index in [2.05, 4.69) is 9.97 Å².